The Hall–Kier alpha value is -1.83. The van der Waals surface area contributed by atoms with Crippen molar-refractivity contribution in [1.82, 2.24) is 4.72 Å². The first-order valence-corrected chi connectivity index (χ1v) is 13.5. The Labute approximate surface area is 197 Å². The summed E-state index contributed by atoms with van der Waals surface area (Å²) in [5.41, 5.74) is 2.83. The van der Waals surface area contributed by atoms with Gasteiger partial charge >= 0.3 is 0 Å². The van der Waals surface area contributed by atoms with Crippen LogP contribution in [-0.4, -0.2) is 32.4 Å². The van der Waals surface area contributed by atoms with Crippen LogP contribution in [0.5, 0.6) is 5.75 Å². The molecule has 2 rings (SSSR count). The van der Waals surface area contributed by atoms with Gasteiger partial charge in [-0.05, 0) is 46.6 Å². The van der Waals surface area contributed by atoms with Crippen molar-refractivity contribution in [3.63, 3.8) is 0 Å². The van der Waals surface area contributed by atoms with Gasteiger partial charge in [0.25, 0.3) is 0 Å². The molecule has 2 aromatic rings. The summed E-state index contributed by atoms with van der Waals surface area (Å²) >= 11 is 1.07. The van der Waals surface area contributed by atoms with Gasteiger partial charge in [-0.2, -0.15) is 0 Å². The first-order chi connectivity index (χ1) is 15.0. The molecule has 0 bridgehead atoms. The number of hydrogen-bond donors (Lipinski definition) is 1. The molecular formula is C25H35NO4S2. The summed E-state index contributed by atoms with van der Waals surface area (Å²) in [6.07, 6.45) is 0. The van der Waals surface area contributed by atoms with Gasteiger partial charge in [0.2, 0.25) is 15.1 Å². The molecule has 0 spiro atoms. The fraction of sp³-hybridized carbons (Fsp3) is 0.480. The lowest BCUT2D eigenvalue weighted by Crippen LogP contribution is -2.29. The molecule has 176 valence electrons. The minimum absolute atomic E-state index is 0.0485. The van der Waals surface area contributed by atoms with Gasteiger partial charge in [-0.3, -0.25) is 4.79 Å². The number of para-hydroxylation sites is 1. The molecule has 32 heavy (non-hydrogen) atoms. The molecular weight excluding hydrogens is 442 g/mol. The van der Waals surface area contributed by atoms with E-state index in [0.29, 0.717) is 22.3 Å². The summed E-state index contributed by atoms with van der Waals surface area (Å²) in [4.78, 5) is 12.4. The van der Waals surface area contributed by atoms with E-state index in [2.05, 4.69) is 18.6 Å². The second-order valence-electron chi connectivity index (χ2n) is 8.71. The standard InChI is InChI=1S/C25H35NO4S2/c1-17(2)20-14-22(18(3)4)25(23(15-20)19(5)6)32(28,29)26-12-13-31-24(27)16-30-21-10-8-7-9-11-21/h7-11,14-15,17-19,26H,12-13,16H2,1-6H3. The van der Waals surface area contributed by atoms with Crippen molar-refractivity contribution in [2.24, 2.45) is 0 Å². The van der Waals surface area contributed by atoms with Gasteiger partial charge in [0.1, 0.15) is 5.75 Å². The third-order valence-electron chi connectivity index (χ3n) is 5.11. The molecule has 0 aliphatic rings. The average Bonchev–Trinajstić information content (AvgIpc) is 2.74. The lowest BCUT2D eigenvalue weighted by molar-refractivity contribution is -0.112. The summed E-state index contributed by atoms with van der Waals surface area (Å²) in [5, 5.41) is -0.139. The van der Waals surface area contributed by atoms with Crippen molar-refractivity contribution in [3.05, 3.63) is 59.2 Å². The maximum atomic E-state index is 13.3. The van der Waals surface area contributed by atoms with Crippen molar-refractivity contribution >= 4 is 26.9 Å². The van der Waals surface area contributed by atoms with E-state index in [1.165, 1.54) is 0 Å². The molecule has 0 atom stereocenters. The van der Waals surface area contributed by atoms with Crippen molar-refractivity contribution in [1.29, 1.82) is 0 Å². The number of rotatable bonds is 11. The third kappa shape index (κ3) is 7.36. The maximum absolute atomic E-state index is 13.3. The summed E-state index contributed by atoms with van der Waals surface area (Å²) in [5.74, 6) is 1.44. The van der Waals surface area contributed by atoms with Crippen LogP contribution in [0.1, 0.15) is 76.0 Å². The smallest absolute Gasteiger partial charge is 0.241 e. The molecule has 7 heteroatoms. The maximum Gasteiger partial charge on any atom is 0.241 e. The second-order valence-corrected chi connectivity index (χ2v) is 11.6. The van der Waals surface area contributed by atoms with Crippen LogP contribution in [0, 0.1) is 0 Å². The van der Waals surface area contributed by atoms with Crippen LogP contribution in [0.15, 0.2) is 47.4 Å². The molecule has 1 N–H and O–H groups in total. The molecule has 0 aromatic heterocycles. The largest absolute Gasteiger partial charge is 0.485 e. The van der Waals surface area contributed by atoms with E-state index in [0.717, 1.165) is 28.5 Å². The van der Waals surface area contributed by atoms with E-state index >= 15 is 0 Å². The third-order valence-corrected chi connectivity index (χ3v) is 7.55. The molecule has 0 radical (unpaired) electrons. The minimum Gasteiger partial charge on any atom is -0.485 e. The normalized spacial score (nSPS) is 12.0. The molecule has 0 saturated carbocycles. The zero-order valence-corrected chi connectivity index (χ0v) is 21.5. The SMILES string of the molecule is CC(C)c1cc(C(C)C)c(S(=O)(=O)NCCSC(=O)COc2ccccc2)c(C(C)C)c1. The highest BCUT2D eigenvalue weighted by Crippen LogP contribution is 2.35. The Morgan fingerprint density at radius 2 is 1.50 bits per heavy atom. The highest BCUT2D eigenvalue weighted by Gasteiger charge is 2.26. The minimum atomic E-state index is -3.71. The van der Waals surface area contributed by atoms with Crippen molar-refractivity contribution in [2.45, 2.75) is 64.2 Å². The molecule has 0 heterocycles. The Morgan fingerprint density at radius 3 is 2.00 bits per heavy atom. The van der Waals surface area contributed by atoms with E-state index in [9.17, 15) is 13.2 Å². The Kier molecular flexibility index (Phi) is 9.80. The van der Waals surface area contributed by atoms with Crippen molar-refractivity contribution in [2.75, 3.05) is 18.9 Å². The molecule has 5 nitrogen and oxygen atoms in total. The molecule has 0 aliphatic carbocycles. The Bertz CT molecular complexity index is 971. The number of thioether (sulfide) groups is 1. The van der Waals surface area contributed by atoms with E-state index in [1.54, 1.807) is 12.1 Å². The first-order valence-electron chi connectivity index (χ1n) is 11.0. The second kappa shape index (κ2) is 11.9. The van der Waals surface area contributed by atoms with Gasteiger partial charge in [0.15, 0.2) is 6.61 Å². The molecule has 0 fully saturated rings. The zero-order chi connectivity index (χ0) is 23.9. The number of nitrogens with one attached hydrogen (secondary N) is 1. The van der Waals surface area contributed by atoms with Crippen LogP contribution in [0.2, 0.25) is 0 Å². The number of carbonyl (C=O) groups is 1. The van der Waals surface area contributed by atoms with Gasteiger partial charge in [-0.25, -0.2) is 13.1 Å². The van der Waals surface area contributed by atoms with Gasteiger partial charge in [-0.15, -0.1) is 0 Å². The lowest BCUT2D eigenvalue weighted by Gasteiger charge is -2.23. The van der Waals surface area contributed by atoms with Crippen LogP contribution in [0.25, 0.3) is 0 Å². The summed E-state index contributed by atoms with van der Waals surface area (Å²) < 4.78 is 34.7. The lowest BCUT2D eigenvalue weighted by atomic mass is 9.89. The van der Waals surface area contributed by atoms with Gasteiger partial charge in [-0.1, -0.05) is 83.6 Å². The Morgan fingerprint density at radius 1 is 0.938 bits per heavy atom. The highest BCUT2D eigenvalue weighted by atomic mass is 32.2. The number of benzene rings is 2. The molecule has 0 aliphatic heterocycles. The van der Waals surface area contributed by atoms with E-state index < -0.39 is 10.0 Å². The van der Waals surface area contributed by atoms with Crippen LogP contribution in [0.3, 0.4) is 0 Å². The van der Waals surface area contributed by atoms with Gasteiger partial charge in [0, 0.05) is 12.3 Å². The number of carbonyl (C=O) groups excluding carboxylic acids is 1. The molecule has 0 saturated heterocycles. The van der Waals surface area contributed by atoms with Crippen LogP contribution >= 0.6 is 11.8 Å². The number of ether oxygens (including phenoxy) is 1. The van der Waals surface area contributed by atoms with E-state index in [-0.39, 0.29) is 30.1 Å². The van der Waals surface area contributed by atoms with Crippen molar-refractivity contribution < 1.29 is 17.9 Å². The summed E-state index contributed by atoms with van der Waals surface area (Å²) in [6, 6.07) is 13.2. The number of sulfonamides is 1. The fourth-order valence-electron chi connectivity index (χ4n) is 3.31. The van der Waals surface area contributed by atoms with Gasteiger partial charge in [0.05, 0.1) is 4.90 Å². The number of hydrogen-bond acceptors (Lipinski definition) is 5. The highest BCUT2D eigenvalue weighted by molar-refractivity contribution is 8.13. The fourth-order valence-corrected chi connectivity index (χ4v) is 5.74. The van der Waals surface area contributed by atoms with E-state index in [4.69, 9.17) is 4.74 Å². The summed E-state index contributed by atoms with van der Waals surface area (Å²) in [6.45, 7) is 12.4. The van der Waals surface area contributed by atoms with E-state index in [1.807, 2.05) is 58.0 Å². The monoisotopic (exact) mass is 477 g/mol. The van der Waals surface area contributed by atoms with Crippen molar-refractivity contribution in [3.8, 4) is 5.75 Å². The van der Waals surface area contributed by atoms with Crippen LogP contribution < -0.4 is 9.46 Å². The molecule has 0 unspecified atom stereocenters. The predicted octanol–water partition coefficient (Wildman–Crippen LogP) is 5.67. The van der Waals surface area contributed by atoms with Gasteiger partial charge < -0.3 is 4.74 Å². The molecule has 2 aromatic carbocycles. The molecule has 0 amide bonds. The first kappa shape index (κ1) is 26.4. The average molecular weight is 478 g/mol. The Balaban J connectivity index is 2.07. The quantitative estimate of drug-likeness (QED) is 0.422. The van der Waals surface area contributed by atoms with Crippen LogP contribution in [-0.2, 0) is 14.8 Å². The predicted molar refractivity (Wildman–Crippen MR) is 133 cm³/mol. The zero-order valence-electron chi connectivity index (χ0n) is 19.8. The van der Waals surface area contributed by atoms with Crippen LogP contribution in [0.4, 0.5) is 0 Å². The summed E-state index contributed by atoms with van der Waals surface area (Å²) in [7, 11) is -3.71. The topological polar surface area (TPSA) is 72.5 Å².